The van der Waals surface area contributed by atoms with Gasteiger partial charge < -0.3 is 5.32 Å². The molecule has 0 atom stereocenters. The van der Waals surface area contributed by atoms with E-state index in [2.05, 4.69) is 10.4 Å². The third kappa shape index (κ3) is 2.76. The minimum Gasteiger partial charge on any atom is -0.377 e. The quantitative estimate of drug-likeness (QED) is 0.922. The molecule has 0 bridgehead atoms. The lowest BCUT2D eigenvalue weighted by Crippen LogP contribution is -2.08. The zero-order valence-electron chi connectivity index (χ0n) is 9.75. The van der Waals surface area contributed by atoms with Crippen molar-refractivity contribution in [2.24, 2.45) is 0 Å². The lowest BCUT2D eigenvalue weighted by Gasteiger charge is -2.11. The maximum absolute atomic E-state index is 13.0. The van der Waals surface area contributed by atoms with E-state index in [-0.39, 0.29) is 10.0 Å². The number of aromatic nitrogens is 2. The van der Waals surface area contributed by atoms with Crippen molar-refractivity contribution in [3.05, 3.63) is 46.0 Å². The molecule has 0 fully saturated rings. The van der Waals surface area contributed by atoms with Crippen molar-refractivity contribution in [2.45, 2.75) is 20.0 Å². The van der Waals surface area contributed by atoms with Gasteiger partial charge in [-0.1, -0.05) is 23.2 Å². The largest absolute Gasteiger partial charge is 0.377 e. The Kier molecular flexibility index (Phi) is 4.09. The number of nitrogens with one attached hydrogen (secondary N) is 1. The predicted octanol–water partition coefficient (Wildman–Crippen LogP) is 3.96. The number of halogens is 3. The number of rotatable bonds is 4. The first kappa shape index (κ1) is 13.2. The van der Waals surface area contributed by atoms with E-state index in [0.29, 0.717) is 12.2 Å². The van der Waals surface area contributed by atoms with Crippen molar-refractivity contribution < 1.29 is 4.39 Å². The van der Waals surface area contributed by atoms with Crippen LogP contribution in [0.25, 0.3) is 0 Å². The van der Waals surface area contributed by atoms with Crippen LogP contribution in [0.3, 0.4) is 0 Å². The van der Waals surface area contributed by atoms with E-state index in [9.17, 15) is 4.39 Å². The van der Waals surface area contributed by atoms with E-state index in [4.69, 9.17) is 23.2 Å². The van der Waals surface area contributed by atoms with Crippen LogP contribution in [0.5, 0.6) is 0 Å². The maximum atomic E-state index is 13.0. The Morgan fingerprint density at radius 2 is 2.00 bits per heavy atom. The van der Waals surface area contributed by atoms with Gasteiger partial charge in [0.2, 0.25) is 0 Å². The Hall–Kier alpha value is -1.26. The number of hydrogen-bond donors (Lipinski definition) is 1. The molecule has 1 aromatic heterocycles. The molecule has 0 unspecified atom stereocenters. The molecule has 0 amide bonds. The van der Waals surface area contributed by atoms with Crippen LogP contribution in [0.2, 0.25) is 10.0 Å². The summed E-state index contributed by atoms with van der Waals surface area (Å²) < 4.78 is 14.9. The summed E-state index contributed by atoms with van der Waals surface area (Å²) in [6, 6.07) is 4.36. The number of aryl methyl sites for hydroxylation is 1. The monoisotopic (exact) mass is 287 g/mol. The number of benzene rings is 1. The highest BCUT2D eigenvalue weighted by Crippen LogP contribution is 2.31. The van der Waals surface area contributed by atoms with Crippen LogP contribution in [0.15, 0.2) is 24.4 Å². The van der Waals surface area contributed by atoms with Gasteiger partial charge in [-0.25, -0.2) is 4.39 Å². The van der Waals surface area contributed by atoms with Gasteiger partial charge in [0.1, 0.15) is 5.82 Å². The smallest absolute Gasteiger partial charge is 0.126 e. The molecular formula is C12H12Cl2FN3. The summed E-state index contributed by atoms with van der Waals surface area (Å²) in [6.45, 7) is 3.32. The second-order valence-corrected chi connectivity index (χ2v) is 4.55. The SMILES string of the molecule is CCn1nccc1CNc1c(Cl)cc(F)cc1Cl. The molecule has 1 aromatic carbocycles. The molecule has 6 heteroatoms. The molecule has 0 aliphatic rings. The molecule has 0 aliphatic heterocycles. The van der Waals surface area contributed by atoms with Crippen molar-refractivity contribution in [1.82, 2.24) is 9.78 Å². The zero-order chi connectivity index (χ0) is 13.1. The van der Waals surface area contributed by atoms with E-state index in [1.807, 2.05) is 17.7 Å². The molecule has 0 saturated carbocycles. The minimum absolute atomic E-state index is 0.266. The molecule has 96 valence electrons. The molecule has 0 saturated heterocycles. The molecule has 0 radical (unpaired) electrons. The lowest BCUT2D eigenvalue weighted by atomic mass is 10.3. The van der Waals surface area contributed by atoms with Crippen LogP contribution in [-0.4, -0.2) is 9.78 Å². The molecule has 0 spiro atoms. The number of hydrogen-bond acceptors (Lipinski definition) is 2. The van der Waals surface area contributed by atoms with Gasteiger partial charge >= 0.3 is 0 Å². The van der Waals surface area contributed by atoms with Crippen molar-refractivity contribution >= 4 is 28.9 Å². The fraction of sp³-hybridized carbons (Fsp3) is 0.250. The van der Waals surface area contributed by atoms with Crippen LogP contribution in [0.4, 0.5) is 10.1 Å². The summed E-state index contributed by atoms with van der Waals surface area (Å²) >= 11 is 11.9. The van der Waals surface area contributed by atoms with E-state index < -0.39 is 5.82 Å². The molecule has 18 heavy (non-hydrogen) atoms. The first-order chi connectivity index (χ1) is 8.61. The van der Waals surface area contributed by atoms with E-state index in [1.165, 1.54) is 12.1 Å². The summed E-state index contributed by atoms with van der Waals surface area (Å²) in [6.07, 6.45) is 1.73. The zero-order valence-corrected chi connectivity index (χ0v) is 11.3. The van der Waals surface area contributed by atoms with Crippen LogP contribution in [0, 0.1) is 5.82 Å². The fourth-order valence-corrected chi connectivity index (χ4v) is 2.28. The van der Waals surface area contributed by atoms with Gasteiger partial charge in [0.15, 0.2) is 0 Å². The van der Waals surface area contributed by atoms with Crippen LogP contribution < -0.4 is 5.32 Å². The van der Waals surface area contributed by atoms with Gasteiger partial charge in [-0.15, -0.1) is 0 Å². The number of anilines is 1. The second kappa shape index (κ2) is 5.59. The third-order valence-electron chi connectivity index (χ3n) is 2.56. The predicted molar refractivity (Wildman–Crippen MR) is 71.6 cm³/mol. The Morgan fingerprint density at radius 3 is 2.61 bits per heavy atom. The van der Waals surface area contributed by atoms with Crippen molar-refractivity contribution in [2.75, 3.05) is 5.32 Å². The summed E-state index contributed by atoms with van der Waals surface area (Å²) in [4.78, 5) is 0. The maximum Gasteiger partial charge on any atom is 0.126 e. The van der Waals surface area contributed by atoms with Crippen LogP contribution >= 0.6 is 23.2 Å². The van der Waals surface area contributed by atoms with Gasteiger partial charge in [-0.3, -0.25) is 4.68 Å². The molecule has 1 N–H and O–H groups in total. The van der Waals surface area contributed by atoms with Crippen molar-refractivity contribution in [1.29, 1.82) is 0 Å². The van der Waals surface area contributed by atoms with Gasteiger partial charge in [0.25, 0.3) is 0 Å². The third-order valence-corrected chi connectivity index (χ3v) is 3.15. The molecule has 1 heterocycles. The van der Waals surface area contributed by atoms with E-state index in [0.717, 1.165) is 12.2 Å². The number of nitrogens with zero attached hydrogens (tertiary/aromatic N) is 2. The summed E-state index contributed by atoms with van der Waals surface area (Å²) in [5.41, 5.74) is 1.54. The highest BCUT2D eigenvalue weighted by molar-refractivity contribution is 6.39. The standard InChI is InChI=1S/C12H12Cl2FN3/c1-2-18-9(3-4-17-18)7-16-12-10(13)5-8(15)6-11(12)14/h3-6,16H,2,7H2,1H3. The average Bonchev–Trinajstić information content (AvgIpc) is 2.75. The first-order valence-electron chi connectivity index (χ1n) is 5.51. The van der Waals surface area contributed by atoms with Crippen LogP contribution in [-0.2, 0) is 13.1 Å². The van der Waals surface area contributed by atoms with E-state index >= 15 is 0 Å². The summed E-state index contributed by atoms with van der Waals surface area (Å²) in [5, 5.41) is 7.78. The van der Waals surface area contributed by atoms with Crippen LogP contribution in [0.1, 0.15) is 12.6 Å². The average molecular weight is 288 g/mol. The molecule has 2 aromatic rings. The van der Waals surface area contributed by atoms with E-state index in [1.54, 1.807) is 6.20 Å². The van der Waals surface area contributed by atoms with Gasteiger partial charge in [0.05, 0.1) is 28.0 Å². The highest BCUT2D eigenvalue weighted by atomic mass is 35.5. The van der Waals surface area contributed by atoms with Gasteiger partial charge in [-0.2, -0.15) is 5.10 Å². The second-order valence-electron chi connectivity index (χ2n) is 3.74. The first-order valence-corrected chi connectivity index (χ1v) is 6.26. The Bertz CT molecular complexity index is 531. The Morgan fingerprint density at radius 1 is 1.33 bits per heavy atom. The topological polar surface area (TPSA) is 29.9 Å². The molecule has 0 aliphatic carbocycles. The van der Waals surface area contributed by atoms with Crippen molar-refractivity contribution in [3.8, 4) is 0 Å². The Balaban J connectivity index is 2.16. The molecule has 2 rings (SSSR count). The molecular weight excluding hydrogens is 276 g/mol. The van der Waals surface area contributed by atoms with Gasteiger partial charge in [-0.05, 0) is 25.1 Å². The lowest BCUT2D eigenvalue weighted by molar-refractivity contribution is 0.626. The van der Waals surface area contributed by atoms with Crippen molar-refractivity contribution in [3.63, 3.8) is 0 Å². The normalized spacial score (nSPS) is 10.7. The minimum atomic E-state index is -0.450. The summed E-state index contributed by atoms with van der Waals surface area (Å²) in [7, 11) is 0. The summed E-state index contributed by atoms with van der Waals surface area (Å²) in [5.74, 6) is -0.450. The Labute approximate surface area is 115 Å². The fourth-order valence-electron chi connectivity index (χ4n) is 1.68. The highest BCUT2D eigenvalue weighted by Gasteiger charge is 2.09. The molecule has 3 nitrogen and oxygen atoms in total. The van der Waals surface area contributed by atoms with Gasteiger partial charge in [0, 0.05) is 12.7 Å².